The van der Waals surface area contributed by atoms with Crippen LogP contribution in [0.2, 0.25) is 0 Å². The van der Waals surface area contributed by atoms with Crippen LogP contribution in [0.1, 0.15) is 57.8 Å². The van der Waals surface area contributed by atoms with Crippen molar-refractivity contribution in [3.8, 4) is 0 Å². The van der Waals surface area contributed by atoms with Gasteiger partial charge < -0.3 is 4.74 Å². The smallest absolute Gasteiger partial charge is 0.0710 e. The molecule has 1 atom stereocenters. The maximum atomic E-state index is 6.45. The van der Waals surface area contributed by atoms with Crippen molar-refractivity contribution in [3.05, 3.63) is 0 Å². The van der Waals surface area contributed by atoms with Gasteiger partial charge in [0, 0.05) is 24.5 Å². The molecule has 3 aliphatic rings. The van der Waals surface area contributed by atoms with E-state index in [1.807, 2.05) is 0 Å². The number of ether oxygens (including phenoxy) is 1. The van der Waals surface area contributed by atoms with Crippen LogP contribution in [0.25, 0.3) is 0 Å². The van der Waals surface area contributed by atoms with Crippen molar-refractivity contribution >= 4 is 15.9 Å². The molecule has 2 aliphatic carbocycles. The van der Waals surface area contributed by atoms with Crippen LogP contribution in [0.3, 0.4) is 0 Å². The minimum atomic E-state index is 0.310. The normalized spacial score (nSPS) is 31.3. The average Bonchev–Trinajstić information content (AvgIpc) is 2.88. The summed E-state index contributed by atoms with van der Waals surface area (Å²) in [5.74, 6) is 0. The molecule has 1 unspecified atom stereocenters. The molecule has 1 heterocycles. The molecule has 104 valence electrons. The van der Waals surface area contributed by atoms with Gasteiger partial charge in [0.05, 0.1) is 11.7 Å². The Bertz CT molecular complexity index is 274. The van der Waals surface area contributed by atoms with Crippen LogP contribution >= 0.6 is 15.9 Å². The Hall–Kier alpha value is 0.400. The van der Waals surface area contributed by atoms with Gasteiger partial charge >= 0.3 is 0 Å². The second kappa shape index (κ2) is 5.80. The average molecular weight is 316 g/mol. The van der Waals surface area contributed by atoms with Gasteiger partial charge in [-0.3, -0.25) is 4.90 Å². The third-order valence-electron chi connectivity index (χ3n) is 5.25. The zero-order valence-electron chi connectivity index (χ0n) is 11.4. The summed E-state index contributed by atoms with van der Waals surface area (Å²) < 4.78 is 6.45. The van der Waals surface area contributed by atoms with Crippen molar-refractivity contribution in [2.75, 3.05) is 18.4 Å². The Kier molecular flexibility index (Phi) is 4.32. The van der Waals surface area contributed by atoms with E-state index in [-0.39, 0.29) is 0 Å². The zero-order valence-corrected chi connectivity index (χ0v) is 13.0. The quantitative estimate of drug-likeness (QED) is 0.717. The van der Waals surface area contributed by atoms with Gasteiger partial charge in [0.2, 0.25) is 0 Å². The monoisotopic (exact) mass is 315 g/mol. The lowest BCUT2D eigenvalue weighted by Crippen LogP contribution is -2.45. The molecular weight excluding hydrogens is 290 g/mol. The first-order valence-corrected chi connectivity index (χ1v) is 8.91. The third kappa shape index (κ3) is 2.78. The number of hydrogen-bond acceptors (Lipinski definition) is 2. The standard InChI is InChI=1S/C15H26BrNO/c16-10-11-17(13-4-3-5-13)12-14-6-9-15(18-14)7-1-2-8-15/h13-14H,1-12H2. The van der Waals surface area contributed by atoms with Gasteiger partial charge in [0.25, 0.3) is 0 Å². The van der Waals surface area contributed by atoms with Crippen molar-refractivity contribution in [3.63, 3.8) is 0 Å². The van der Waals surface area contributed by atoms with Crippen molar-refractivity contribution in [1.82, 2.24) is 4.90 Å². The molecule has 3 rings (SSSR count). The lowest BCUT2D eigenvalue weighted by atomic mass is 9.91. The summed E-state index contributed by atoms with van der Waals surface area (Å²) in [6.07, 6.45) is 12.8. The van der Waals surface area contributed by atoms with E-state index in [1.165, 1.54) is 70.9 Å². The van der Waals surface area contributed by atoms with E-state index < -0.39 is 0 Å². The first kappa shape index (κ1) is 13.4. The number of alkyl halides is 1. The fourth-order valence-electron chi connectivity index (χ4n) is 3.96. The van der Waals surface area contributed by atoms with Crippen LogP contribution in [-0.2, 0) is 4.74 Å². The van der Waals surface area contributed by atoms with Gasteiger partial charge in [-0.25, -0.2) is 0 Å². The number of rotatable bonds is 5. The summed E-state index contributed by atoms with van der Waals surface area (Å²) in [5, 5.41) is 1.10. The van der Waals surface area contributed by atoms with E-state index >= 15 is 0 Å². The van der Waals surface area contributed by atoms with E-state index in [0.717, 1.165) is 11.4 Å². The zero-order chi connectivity index (χ0) is 12.4. The van der Waals surface area contributed by atoms with Gasteiger partial charge in [-0.2, -0.15) is 0 Å². The van der Waals surface area contributed by atoms with Crippen molar-refractivity contribution in [2.45, 2.75) is 75.5 Å². The maximum Gasteiger partial charge on any atom is 0.0710 e. The highest BCUT2D eigenvalue weighted by Crippen LogP contribution is 2.43. The van der Waals surface area contributed by atoms with Gasteiger partial charge in [-0.05, 0) is 38.5 Å². The molecule has 2 nitrogen and oxygen atoms in total. The molecule has 1 spiro atoms. The molecule has 3 fully saturated rings. The molecule has 3 heteroatoms. The Balaban J connectivity index is 1.52. The number of hydrogen-bond donors (Lipinski definition) is 0. The van der Waals surface area contributed by atoms with Gasteiger partial charge in [-0.1, -0.05) is 35.2 Å². The van der Waals surface area contributed by atoms with E-state index in [1.54, 1.807) is 0 Å². The summed E-state index contributed by atoms with van der Waals surface area (Å²) in [4.78, 5) is 2.68. The molecular formula is C15H26BrNO. The largest absolute Gasteiger partial charge is 0.370 e. The molecule has 0 aromatic carbocycles. The summed E-state index contributed by atoms with van der Waals surface area (Å²) in [5.41, 5.74) is 0.310. The lowest BCUT2D eigenvalue weighted by molar-refractivity contribution is -0.0543. The van der Waals surface area contributed by atoms with Gasteiger partial charge in [0.15, 0.2) is 0 Å². The first-order chi connectivity index (χ1) is 8.81. The van der Waals surface area contributed by atoms with Crippen molar-refractivity contribution in [2.24, 2.45) is 0 Å². The van der Waals surface area contributed by atoms with Crippen LogP contribution in [0, 0.1) is 0 Å². The van der Waals surface area contributed by atoms with Crippen molar-refractivity contribution in [1.29, 1.82) is 0 Å². The van der Waals surface area contributed by atoms with Crippen LogP contribution in [0.15, 0.2) is 0 Å². The van der Waals surface area contributed by atoms with E-state index in [2.05, 4.69) is 20.8 Å². The minimum absolute atomic E-state index is 0.310. The van der Waals surface area contributed by atoms with E-state index in [0.29, 0.717) is 11.7 Å². The third-order valence-corrected chi connectivity index (χ3v) is 5.61. The molecule has 18 heavy (non-hydrogen) atoms. The van der Waals surface area contributed by atoms with E-state index in [9.17, 15) is 0 Å². The van der Waals surface area contributed by atoms with Crippen LogP contribution in [-0.4, -0.2) is 41.1 Å². The molecule has 0 bridgehead atoms. The Labute approximate surface area is 120 Å². The Morgan fingerprint density at radius 3 is 2.44 bits per heavy atom. The molecule has 2 saturated carbocycles. The lowest BCUT2D eigenvalue weighted by Gasteiger charge is -2.39. The van der Waals surface area contributed by atoms with Crippen LogP contribution in [0.5, 0.6) is 0 Å². The summed E-state index contributed by atoms with van der Waals surface area (Å²) in [7, 11) is 0. The summed E-state index contributed by atoms with van der Waals surface area (Å²) in [6, 6.07) is 0.853. The van der Waals surface area contributed by atoms with Gasteiger partial charge in [-0.15, -0.1) is 0 Å². The Morgan fingerprint density at radius 1 is 1.06 bits per heavy atom. The molecule has 0 radical (unpaired) electrons. The van der Waals surface area contributed by atoms with Crippen LogP contribution < -0.4 is 0 Å². The molecule has 0 N–H and O–H groups in total. The highest BCUT2D eigenvalue weighted by atomic mass is 79.9. The second-order valence-electron chi connectivity index (χ2n) is 6.44. The number of halogens is 1. The predicted molar refractivity (Wildman–Crippen MR) is 78.3 cm³/mol. The molecule has 0 aromatic rings. The van der Waals surface area contributed by atoms with Crippen LogP contribution in [0.4, 0.5) is 0 Å². The molecule has 0 aromatic heterocycles. The first-order valence-electron chi connectivity index (χ1n) is 7.79. The topological polar surface area (TPSA) is 12.5 Å². The summed E-state index contributed by atoms with van der Waals surface area (Å²) >= 11 is 3.60. The van der Waals surface area contributed by atoms with E-state index in [4.69, 9.17) is 4.74 Å². The second-order valence-corrected chi connectivity index (χ2v) is 7.23. The van der Waals surface area contributed by atoms with Gasteiger partial charge in [0.1, 0.15) is 0 Å². The number of nitrogens with zero attached hydrogens (tertiary/aromatic N) is 1. The molecule has 1 aliphatic heterocycles. The predicted octanol–water partition coefficient (Wildman–Crippen LogP) is 3.73. The Morgan fingerprint density at radius 2 is 1.83 bits per heavy atom. The fraction of sp³-hybridized carbons (Fsp3) is 1.00. The molecule has 1 saturated heterocycles. The molecule has 0 amide bonds. The SMILES string of the molecule is BrCCN(CC1CCC2(CCCC2)O1)C1CCC1. The summed E-state index contributed by atoms with van der Waals surface area (Å²) in [6.45, 7) is 2.37. The highest BCUT2D eigenvalue weighted by Gasteiger charge is 2.42. The maximum absolute atomic E-state index is 6.45. The highest BCUT2D eigenvalue weighted by molar-refractivity contribution is 9.09. The minimum Gasteiger partial charge on any atom is -0.370 e. The van der Waals surface area contributed by atoms with Crippen molar-refractivity contribution < 1.29 is 4.74 Å². The fourth-order valence-corrected chi connectivity index (χ4v) is 4.41.